The van der Waals surface area contributed by atoms with Gasteiger partial charge in [0.05, 0.1) is 32.9 Å². The highest BCUT2D eigenvalue weighted by Gasteiger charge is 2.43. The van der Waals surface area contributed by atoms with Crippen molar-refractivity contribution in [2.75, 3.05) is 27.5 Å². The molecule has 1 atom stereocenters. The summed E-state index contributed by atoms with van der Waals surface area (Å²) in [6.07, 6.45) is -0.374. The first-order chi connectivity index (χ1) is 25.6. The average molecular weight is 701 g/mol. The maximum absolute atomic E-state index is 5.76. The van der Waals surface area contributed by atoms with Crippen molar-refractivity contribution >= 4 is 37.2 Å². The summed E-state index contributed by atoms with van der Waals surface area (Å²) in [5.41, 5.74) is 8.17. The summed E-state index contributed by atoms with van der Waals surface area (Å²) >= 11 is 0. The number of rotatable bonds is 11. The quantitative estimate of drug-likeness (QED) is 0.0787. The molecule has 1 unspecified atom stereocenters. The van der Waals surface area contributed by atoms with Crippen molar-refractivity contribution in [1.82, 2.24) is 0 Å². The smallest absolute Gasteiger partial charge is 0.123 e. The molecule has 0 aliphatic carbocycles. The van der Waals surface area contributed by atoms with Gasteiger partial charge in [-0.05, 0) is 27.4 Å². The van der Waals surface area contributed by atoms with Crippen LogP contribution in [0.5, 0.6) is 17.2 Å². The number of hydrogen-bond donors (Lipinski definition) is 0. The summed E-state index contributed by atoms with van der Waals surface area (Å²) < 4.78 is 17.3. The van der Waals surface area contributed by atoms with Crippen LogP contribution in [0.2, 0.25) is 0 Å². The van der Waals surface area contributed by atoms with E-state index in [2.05, 4.69) is 158 Å². The molecule has 7 aromatic rings. The van der Waals surface area contributed by atoms with Gasteiger partial charge in [-0.2, -0.15) is 21.9 Å². The molecule has 0 aliphatic heterocycles. The van der Waals surface area contributed by atoms with Gasteiger partial charge in [0.25, 0.3) is 0 Å². The predicted molar refractivity (Wildman–Crippen MR) is 225 cm³/mol. The molecule has 0 aliphatic rings. The molecule has 5 heteroatoms. The Labute approximate surface area is 311 Å². The molecule has 0 bridgehead atoms. The lowest BCUT2D eigenvalue weighted by atomic mass is 9.13. The maximum atomic E-state index is 5.76. The number of ether oxygens (including phenoxy) is 3. The van der Waals surface area contributed by atoms with Crippen LogP contribution in [-0.4, -0.2) is 33.6 Å². The van der Waals surface area contributed by atoms with Gasteiger partial charge in [-0.1, -0.05) is 176 Å². The highest BCUT2D eigenvalue weighted by molar-refractivity contribution is 7.19. The highest BCUT2D eigenvalue weighted by atomic mass is 31.0. The molecule has 0 spiro atoms. The Hall–Kier alpha value is -5.57. The molecule has 0 saturated carbocycles. The Morgan fingerprint density at radius 1 is 0.365 bits per heavy atom. The lowest BCUT2D eigenvalue weighted by molar-refractivity contribution is 0.383. The van der Waals surface area contributed by atoms with Crippen LogP contribution in [0.15, 0.2) is 194 Å². The van der Waals surface area contributed by atoms with E-state index in [0.29, 0.717) is 0 Å². The second-order valence-corrected chi connectivity index (χ2v) is 13.3. The molecule has 3 nitrogen and oxygen atoms in total. The SMILES string of the molecule is COc1ccccc1C(C[PH3+])(c1ccccc1OC)c1ccccc1OC.c1ccc([B-](c2ccccc2)(c2ccccc2)c2ccccc2)cc1. The second-order valence-electron chi connectivity index (χ2n) is 12.8. The third-order valence-corrected chi connectivity index (χ3v) is 11.0. The standard InChI is InChI=1S/C24H20B.C23H25O3P/c1-5-13-21(14-6-1)25(22-15-7-2-8-16-22,23-17-9-3-10-18-23)24-19-11-4-12-20-24;1-24-20-13-7-4-10-17(20)23(16-27,18-11-5-8-14-21(18)25-2)19-12-6-9-15-22(19)26-3/h1-20H;4-15H,16,27H2,1-3H3/q-1;/p+1. The maximum Gasteiger partial charge on any atom is 0.123 e. The summed E-state index contributed by atoms with van der Waals surface area (Å²) in [6.45, 7) is 0. The van der Waals surface area contributed by atoms with Crippen molar-refractivity contribution in [2.45, 2.75) is 5.41 Å². The number of hydrogen-bond acceptors (Lipinski definition) is 3. The molecule has 0 saturated heterocycles. The van der Waals surface area contributed by atoms with Crippen molar-refractivity contribution in [2.24, 2.45) is 0 Å². The number of para-hydroxylation sites is 3. The predicted octanol–water partition coefficient (Wildman–Crippen LogP) is 7.72. The van der Waals surface area contributed by atoms with Gasteiger partial charge >= 0.3 is 0 Å². The lowest BCUT2D eigenvalue weighted by Gasteiger charge is -2.44. The van der Waals surface area contributed by atoms with E-state index >= 15 is 0 Å². The minimum Gasteiger partial charge on any atom is -0.496 e. The molecule has 260 valence electrons. The van der Waals surface area contributed by atoms with Crippen molar-refractivity contribution in [3.8, 4) is 17.2 Å². The molecule has 0 fully saturated rings. The van der Waals surface area contributed by atoms with Crippen LogP contribution < -0.4 is 36.1 Å². The second kappa shape index (κ2) is 17.1. The molecule has 7 rings (SSSR count). The highest BCUT2D eigenvalue weighted by Crippen LogP contribution is 2.50. The zero-order chi connectivity index (χ0) is 36.2. The summed E-state index contributed by atoms with van der Waals surface area (Å²) in [5.74, 6) is 2.54. The summed E-state index contributed by atoms with van der Waals surface area (Å²) in [7, 11) is 7.09. The Bertz CT molecular complexity index is 1860. The molecule has 0 amide bonds. The van der Waals surface area contributed by atoms with Gasteiger partial charge in [-0.3, -0.25) is 0 Å². The summed E-state index contributed by atoms with van der Waals surface area (Å²) in [4.78, 5) is 0. The van der Waals surface area contributed by atoms with Gasteiger partial charge in [0.15, 0.2) is 0 Å². The van der Waals surface area contributed by atoms with Crippen molar-refractivity contribution in [3.05, 3.63) is 211 Å². The molecular formula is C47H46BO3P. The van der Waals surface area contributed by atoms with Crippen molar-refractivity contribution in [1.29, 1.82) is 0 Å². The third kappa shape index (κ3) is 6.87. The van der Waals surface area contributed by atoms with Crippen LogP contribution in [-0.2, 0) is 5.41 Å². The molecule has 0 N–H and O–H groups in total. The summed E-state index contributed by atoms with van der Waals surface area (Å²) in [6, 6.07) is 68.1. The Kier molecular flexibility index (Phi) is 11.9. The van der Waals surface area contributed by atoms with E-state index in [4.69, 9.17) is 14.2 Å². The molecule has 52 heavy (non-hydrogen) atoms. The van der Waals surface area contributed by atoms with Crippen LogP contribution >= 0.6 is 9.24 Å². The van der Waals surface area contributed by atoms with Crippen molar-refractivity contribution < 1.29 is 14.2 Å². The van der Waals surface area contributed by atoms with Gasteiger partial charge in [0.1, 0.15) is 23.4 Å². The molecule has 0 radical (unpaired) electrons. The normalized spacial score (nSPS) is 11.2. The van der Waals surface area contributed by atoms with E-state index in [1.165, 1.54) is 21.9 Å². The molecule has 7 aromatic carbocycles. The first-order valence-electron chi connectivity index (χ1n) is 17.7. The van der Waals surface area contributed by atoms with Crippen LogP contribution in [0.4, 0.5) is 0 Å². The number of benzene rings is 7. The molecular weight excluding hydrogens is 654 g/mol. The summed E-state index contributed by atoms with van der Waals surface area (Å²) in [5, 5.41) is 0. The first kappa shape index (κ1) is 36.2. The monoisotopic (exact) mass is 700 g/mol. The van der Waals surface area contributed by atoms with E-state index in [0.717, 1.165) is 40.1 Å². The van der Waals surface area contributed by atoms with Crippen LogP contribution in [0.3, 0.4) is 0 Å². The zero-order valence-corrected chi connectivity index (χ0v) is 31.6. The Balaban J connectivity index is 0.000000179. The van der Waals surface area contributed by atoms with E-state index < -0.39 is 11.6 Å². The zero-order valence-electron chi connectivity index (χ0n) is 30.2. The van der Waals surface area contributed by atoms with Gasteiger partial charge in [-0.15, -0.1) is 0 Å². The topological polar surface area (TPSA) is 27.7 Å². The Morgan fingerprint density at radius 3 is 0.827 bits per heavy atom. The third-order valence-electron chi connectivity index (χ3n) is 10.3. The van der Waals surface area contributed by atoms with Crippen LogP contribution in [0.25, 0.3) is 0 Å². The van der Waals surface area contributed by atoms with Crippen LogP contribution in [0, 0.1) is 0 Å². The average Bonchev–Trinajstić information content (AvgIpc) is 3.24. The van der Waals surface area contributed by atoms with Crippen LogP contribution in [0.1, 0.15) is 16.7 Å². The van der Waals surface area contributed by atoms with Gasteiger partial charge in [0, 0.05) is 16.7 Å². The van der Waals surface area contributed by atoms with E-state index in [-0.39, 0.29) is 0 Å². The van der Waals surface area contributed by atoms with Crippen molar-refractivity contribution in [3.63, 3.8) is 0 Å². The van der Waals surface area contributed by atoms with E-state index in [1.807, 2.05) is 45.6 Å². The lowest BCUT2D eigenvalue weighted by Crippen LogP contribution is -2.74. The largest absolute Gasteiger partial charge is 0.496 e. The van der Waals surface area contributed by atoms with Gasteiger partial charge in [0.2, 0.25) is 0 Å². The molecule has 0 aromatic heterocycles. The first-order valence-corrected chi connectivity index (χ1v) is 18.7. The van der Waals surface area contributed by atoms with Gasteiger partial charge < -0.3 is 14.2 Å². The number of methoxy groups -OCH3 is 3. The van der Waals surface area contributed by atoms with E-state index in [9.17, 15) is 0 Å². The van der Waals surface area contributed by atoms with Gasteiger partial charge in [-0.25, -0.2) is 0 Å². The minimum absolute atomic E-state index is 0.468. The fourth-order valence-corrected chi connectivity index (χ4v) is 8.76. The van der Waals surface area contributed by atoms with E-state index in [1.54, 1.807) is 21.3 Å². The fraction of sp³-hybridized carbons (Fsp3) is 0.106. The molecule has 0 heterocycles. The minimum atomic E-state index is -1.22. The fourth-order valence-electron chi connectivity index (χ4n) is 7.95. The Morgan fingerprint density at radius 2 is 0.596 bits per heavy atom.